The van der Waals surface area contributed by atoms with Gasteiger partial charge in [0.25, 0.3) is 5.91 Å². The third-order valence-electron chi connectivity index (χ3n) is 4.49. The number of nitrogens with one attached hydrogen (secondary N) is 1. The number of amides is 1. The lowest BCUT2D eigenvalue weighted by atomic mass is 10.2. The van der Waals surface area contributed by atoms with Gasteiger partial charge in [-0.05, 0) is 50.1 Å². The van der Waals surface area contributed by atoms with Crippen molar-refractivity contribution in [2.24, 2.45) is 5.10 Å². The van der Waals surface area contributed by atoms with Crippen molar-refractivity contribution in [1.82, 2.24) is 15.2 Å². The Morgan fingerprint density at radius 1 is 1.21 bits per heavy atom. The van der Waals surface area contributed by atoms with Gasteiger partial charge in [-0.2, -0.15) is 10.2 Å². The highest BCUT2D eigenvalue weighted by Crippen LogP contribution is 2.20. The number of carbonyl (C=O) groups excluding carboxylic acids is 1. The third-order valence-corrected chi connectivity index (χ3v) is 4.92. The van der Waals surface area contributed by atoms with Gasteiger partial charge in [0.1, 0.15) is 5.75 Å². The maximum absolute atomic E-state index is 12.0. The van der Waals surface area contributed by atoms with E-state index in [0.717, 1.165) is 22.5 Å². The molecule has 0 aliphatic heterocycles. The van der Waals surface area contributed by atoms with Crippen LogP contribution in [0.15, 0.2) is 53.6 Å². The van der Waals surface area contributed by atoms with E-state index in [1.54, 1.807) is 24.4 Å². The second-order valence-corrected chi connectivity index (χ2v) is 7.13. The molecule has 7 heteroatoms. The van der Waals surface area contributed by atoms with E-state index >= 15 is 0 Å². The van der Waals surface area contributed by atoms with Crippen molar-refractivity contribution < 1.29 is 9.53 Å². The molecule has 150 valence electrons. The minimum atomic E-state index is -0.346. The van der Waals surface area contributed by atoms with Crippen LogP contribution in [0.2, 0.25) is 5.02 Å². The molecule has 0 bridgehead atoms. The smallest absolute Gasteiger partial charge is 0.277 e. The van der Waals surface area contributed by atoms with Gasteiger partial charge in [-0.25, -0.2) is 5.43 Å². The average Bonchev–Trinajstić information content (AvgIpc) is 2.97. The molecule has 29 heavy (non-hydrogen) atoms. The monoisotopic (exact) mass is 410 g/mol. The van der Waals surface area contributed by atoms with Crippen molar-refractivity contribution in [1.29, 1.82) is 0 Å². The Hall–Kier alpha value is -3.12. The van der Waals surface area contributed by atoms with E-state index < -0.39 is 0 Å². The minimum absolute atomic E-state index is 0.135. The topological polar surface area (TPSA) is 68.5 Å². The molecule has 3 aromatic rings. The quantitative estimate of drug-likeness (QED) is 0.472. The number of benzene rings is 2. The fourth-order valence-corrected chi connectivity index (χ4v) is 2.98. The number of ether oxygens (including phenoxy) is 1. The molecule has 1 N–H and O–H groups in total. The van der Waals surface area contributed by atoms with Crippen molar-refractivity contribution >= 4 is 23.7 Å². The van der Waals surface area contributed by atoms with Crippen molar-refractivity contribution in [2.75, 3.05) is 6.61 Å². The normalized spacial score (nSPS) is 11.0. The predicted octanol–water partition coefficient (Wildman–Crippen LogP) is 4.04. The zero-order valence-electron chi connectivity index (χ0n) is 16.6. The van der Waals surface area contributed by atoms with Gasteiger partial charge in [0, 0.05) is 16.3 Å². The molecular weight excluding hydrogens is 388 g/mol. The number of carbonyl (C=O) groups is 1. The van der Waals surface area contributed by atoms with Gasteiger partial charge in [-0.3, -0.25) is 9.48 Å². The van der Waals surface area contributed by atoms with Crippen LogP contribution in [0.25, 0.3) is 0 Å². The molecule has 1 aromatic heterocycles. The van der Waals surface area contributed by atoms with Gasteiger partial charge >= 0.3 is 0 Å². The average molecular weight is 411 g/mol. The van der Waals surface area contributed by atoms with Gasteiger partial charge in [0.15, 0.2) is 6.61 Å². The zero-order valence-corrected chi connectivity index (χ0v) is 17.4. The highest BCUT2D eigenvalue weighted by molar-refractivity contribution is 6.31. The Bertz CT molecular complexity index is 1030. The molecule has 0 saturated heterocycles. The number of rotatable bonds is 7. The lowest BCUT2D eigenvalue weighted by Crippen LogP contribution is -2.24. The summed E-state index contributed by atoms with van der Waals surface area (Å²) in [6.07, 6.45) is 1.61. The first kappa shape index (κ1) is 20.6. The van der Waals surface area contributed by atoms with E-state index in [-0.39, 0.29) is 12.5 Å². The number of aryl methyl sites for hydroxylation is 2. The van der Waals surface area contributed by atoms with Crippen LogP contribution < -0.4 is 10.2 Å². The van der Waals surface area contributed by atoms with Crippen LogP contribution in [0.4, 0.5) is 0 Å². The molecule has 0 aliphatic carbocycles. The molecule has 2 aromatic carbocycles. The van der Waals surface area contributed by atoms with Crippen molar-refractivity contribution in [3.63, 3.8) is 0 Å². The van der Waals surface area contributed by atoms with E-state index in [1.165, 1.54) is 5.56 Å². The first-order valence-electron chi connectivity index (χ1n) is 9.23. The van der Waals surface area contributed by atoms with Crippen LogP contribution >= 0.6 is 11.6 Å². The van der Waals surface area contributed by atoms with Crippen LogP contribution in [0.1, 0.15) is 28.1 Å². The first-order valence-corrected chi connectivity index (χ1v) is 9.60. The molecule has 3 rings (SSSR count). The van der Waals surface area contributed by atoms with Crippen molar-refractivity contribution in [3.8, 4) is 5.75 Å². The second-order valence-electron chi connectivity index (χ2n) is 6.72. The van der Waals surface area contributed by atoms with Gasteiger partial charge in [-0.15, -0.1) is 0 Å². The highest BCUT2D eigenvalue weighted by atomic mass is 35.5. The van der Waals surface area contributed by atoms with E-state index in [9.17, 15) is 4.79 Å². The summed E-state index contributed by atoms with van der Waals surface area (Å²) in [7, 11) is 0. The lowest BCUT2D eigenvalue weighted by Gasteiger charge is -2.06. The van der Waals surface area contributed by atoms with Crippen LogP contribution in [0.5, 0.6) is 5.75 Å². The Kier molecular flexibility index (Phi) is 6.67. The molecule has 0 radical (unpaired) electrons. The van der Waals surface area contributed by atoms with Gasteiger partial charge in [-0.1, -0.05) is 41.9 Å². The number of halogens is 1. The molecule has 0 aliphatic rings. The molecule has 1 amide bonds. The Balaban J connectivity index is 1.57. The van der Waals surface area contributed by atoms with Crippen LogP contribution in [0, 0.1) is 20.8 Å². The molecule has 0 unspecified atom stereocenters. The fraction of sp³-hybridized carbons (Fsp3) is 0.227. The van der Waals surface area contributed by atoms with E-state index in [4.69, 9.17) is 16.3 Å². The molecule has 0 atom stereocenters. The largest absolute Gasteiger partial charge is 0.484 e. The number of aromatic nitrogens is 2. The summed E-state index contributed by atoms with van der Waals surface area (Å²) in [5.74, 6) is 0.237. The summed E-state index contributed by atoms with van der Waals surface area (Å²) in [6, 6.07) is 15.4. The van der Waals surface area contributed by atoms with E-state index in [0.29, 0.717) is 17.3 Å². The Morgan fingerprint density at radius 2 is 1.97 bits per heavy atom. The maximum atomic E-state index is 12.0. The number of nitrogens with zero attached hydrogens (tertiary/aromatic N) is 3. The van der Waals surface area contributed by atoms with Crippen molar-refractivity contribution in [3.05, 3.63) is 81.6 Å². The van der Waals surface area contributed by atoms with Gasteiger partial charge in [0.05, 0.1) is 18.5 Å². The summed E-state index contributed by atoms with van der Waals surface area (Å²) in [6.45, 7) is 6.33. The second kappa shape index (κ2) is 9.39. The summed E-state index contributed by atoms with van der Waals surface area (Å²) >= 11 is 5.98. The SMILES string of the molecule is Cc1cc(OCC(=O)N/N=C\c2c(C)nn(Cc3ccccc3)c2C)ccc1Cl. The summed E-state index contributed by atoms with van der Waals surface area (Å²) < 4.78 is 7.39. The number of hydrogen-bond donors (Lipinski definition) is 1. The summed E-state index contributed by atoms with van der Waals surface area (Å²) in [5, 5.41) is 9.28. The fourth-order valence-electron chi connectivity index (χ4n) is 2.86. The minimum Gasteiger partial charge on any atom is -0.484 e. The molecule has 0 fully saturated rings. The molecule has 1 heterocycles. The van der Waals surface area contributed by atoms with Gasteiger partial charge < -0.3 is 4.74 Å². The molecule has 0 saturated carbocycles. The first-order chi connectivity index (χ1) is 13.9. The van der Waals surface area contributed by atoms with Crippen LogP contribution in [-0.4, -0.2) is 28.5 Å². The van der Waals surface area contributed by atoms with E-state index in [2.05, 4.69) is 27.8 Å². The van der Waals surface area contributed by atoms with Crippen LogP contribution in [-0.2, 0) is 11.3 Å². The standard InChI is InChI=1S/C22H23ClN4O2/c1-15-11-19(9-10-21(15)23)29-14-22(28)25-24-12-20-16(2)26-27(17(20)3)13-18-7-5-4-6-8-18/h4-12H,13-14H2,1-3H3,(H,25,28)/b24-12-. The number of hydrogen-bond acceptors (Lipinski definition) is 4. The number of hydrazone groups is 1. The molecule has 6 nitrogen and oxygen atoms in total. The molecular formula is C22H23ClN4O2. The van der Waals surface area contributed by atoms with Crippen molar-refractivity contribution in [2.45, 2.75) is 27.3 Å². The Morgan fingerprint density at radius 3 is 2.69 bits per heavy atom. The Labute approximate surface area is 175 Å². The predicted molar refractivity (Wildman–Crippen MR) is 115 cm³/mol. The van der Waals surface area contributed by atoms with Gasteiger partial charge in [0.2, 0.25) is 0 Å². The third kappa shape index (κ3) is 5.45. The van der Waals surface area contributed by atoms with E-state index in [1.807, 2.05) is 43.7 Å². The molecule has 0 spiro atoms. The maximum Gasteiger partial charge on any atom is 0.277 e. The summed E-state index contributed by atoms with van der Waals surface area (Å²) in [4.78, 5) is 12.0. The highest BCUT2D eigenvalue weighted by Gasteiger charge is 2.10. The lowest BCUT2D eigenvalue weighted by molar-refractivity contribution is -0.123. The van der Waals surface area contributed by atoms with Crippen LogP contribution in [0.3, 0.4) is 0 Å². The summed E-state index contributed by atoms with van der Waals surface area (Å²) in [5.41, 5.74) is 7.26. The zero-order chi connectivity index (χ0) is 20.8.